The zero-order valence-electron chi connectivity index (χ0n) is 21.6. The summed E-state index contributed by atoms with van der Waals surface area (Å²) in [7, 11) is 1.77. The molecule has 2 unspecified atom stereocenters. The van der Waals surface area contributed by atoms with Crippen molar-refractivity contribution in [2.24, 2.45) is 41.5 Å². The van der Waals surface area contributed by atoms with Crippen LogP contribution in [-0.4, -0.2) is 56.1 Å². The monoisotopic (exact) mass is 483 g/mol. The number of carbonyl (C=O) groups is 2. The Morgan fingerprint density at radius 1 is 1.26 bits per heavy atom. The van der Waals surface area contributed by atoms with Crippen LogP contribution in [-0.2, 0) is 16.6 Å². The molecular weight excluding hydrogens is 446 g/mol. The van der Waals surface area contributed by atoms with Crippen molar-refractivity contribution < 1.29 is 29.6 Å². The molecule has 3 N–H and O–H groups in total. The summed E-state index contributed by atoms with van der Waals surface area (Å²) in [6.45, 7) is 11.2. The molecule has 0 amide bonds. The molecule has 0 aliphatic heterocycles. The highest BCUT2D eigenvalue weighted by molar-refractivity contribution is 5.96. The van der Waals surface area contributed by atoms with Crippen LogP contribution in [0.2, 0.25) is 0 Å². The summed E-state index contributed by atoms with van der Waals surface area (Å²) < 4.78 is 7.71. The maximum Gasteiger partial charge on any atom is 0.355 e. The molecule has 1 heterocycles. The molecule has 0 aromatic carbocycles. The van der Waals surface area contributed by atoms with Gasteiger partial charge in [0.05, 0.1) is 12.0 Å². The second-order valence-corrected chi connectivity index (χ2v) is 12.0. The van der Waals surface area contributed by atoms with Crippen molar-refractivity contribution in [2.45, 2.75) is 65.8 Å². The zero-order chi connectivity index (χ0) is 25.8. The summed E-state index contributed by atoms with van der Waals surface area (Å²) in [6, 6.07) is 1.88. The molecule has 7 heteroatoms. The minimum Gasteiger partial charge on any atom is -0.450 e. The standard InChI is InChI=1S/C28H37NO6/c1-13-8-16(4)29(7)21(13)25(33)35-24-14(2)11-27-15(3)9-19-20(26(19,5)6)18(23(27)32)10-17(12-30)22(31)28(24,27)34/h8,10-11,15,18-20,22,24,30-31,34H,9,12H2,1-7H3/t15?,18-,19+,20-,22+,24-,27?,28-/m0/s1. The lowest BCUT2D eigenvalue weighted by Gasteiger charge is -2.48. The molecule has 1 aromatic rings. The van der Waals surface area contributed by atoms with Gasteiger partial charge in [0.15, 0.2) is 17.5 Å². The van der Waals surface area contributed by atoms with E-state index in [1.807, 2.05) is 26.8 Å². The van der Waals surface area contributed by atoms with Crippen LogP contribution in [0.5, 0.6) is 0 Å². The number of fused-ring (bicyclic) bond motifs is 3. The van der Waals surface area contributed by atoms with E-state index < -0.39 is 41.7 Å². The number of aliphatic hydroxyl groups is 3. The third-order valence-electron chi connectivity index (χ3n) is 9.98. The highest BCUT2D eigenvalue weighted by atomic mass is 16.6. The lowest BCUT2D eigenvalue weighted by Crippen LogP contribution is -2.65. The first-order valence-corrected chi connectivity index (χ1v) is 12.5. The predicted molar refractivity (Wildman–Crippen MR) is 129 cm³/mol. The van der Waals surface area contributed by atoms with E-state index in [0.717, 1.165) is 17.7 Å². The number of ether oxygens (including phenoxy) is 1. The number of esters is 1. The van der Waals surface area contributed by atoms with E-state index in [1.165, 1.54) is 0 Å². The van der Waals surface area contributed by atoms with Crippen molar-refractivity contribution in [3.05, 3.63) is 46.3 Å². The molecule has 5 rings (SSSR count). The van der Waals surface area contributed by atoms with Gasteiger partial charge in [0.25, 0.3) is 0 Å². The van der Waals surface area contributed by atoms with Gasteiger partial charge in [-0.15, -0.1) is 0 Å². The Balaban J connectivity index is 1.65. The lowest BCUT2D eigenvalue weighted by molar-refractivity contribution is -0.190. The van der Waals surface area contributed by atoms with E-state index in [4.69, 9.17) is 4.74 Å². The number of hydrogen-bond acceptors (Lipinski definition) is 6. The number of aryl methyl sites for hydroxylation is 2. The van der Waals surface area contributed by atoms with Crippen molar-refractivity contribution in [3.8, 4) is 0 Å². The number of nitrogens with zero attached hydrogens (tertiary/aromatic N) is 1. The molecule has 2 bridgehead atoms. The van der Waals surface area contributed by atoms with Crippen molar-refractivity contribution in [3.63, 3.8) is 0 Å². The number of aromatic nitrogens is 1. The largest absolute Gasteiger partial charge is 0.450 e. The summed E-state index contributed by atoms with van der Waals surface area (Å²) >= 11 is 0. The molecule has 0 saturated heterocycles. The molecule has 8 atom stereocenters. The van der Waals surface area contributed by atoms with Crippen LogP contribution in [0.25, 0.3) is 0 Å². The Labute approximate surface area is 206 Å². The minimum atomic E-state index is -2.12. The maximum absolute atomic E-state index is 14.4. The smallest absolute Gasteiger partial charge is 0.355 e. The molecule has 1 aromatic heterocycles. The van der Waals surface area contributed by atoms with Crippen LogP contribution in [0.1, 0.15) is 55.9 Å². The van der Waals surface area contributed by atoms with Gasteiger partial charge >= 0.3 is 5.97 Å². The Morgan fingerprint density at radius 3 is 2.49 bits per heavy atom. The predicted octanol–water partition coefficient (Wildman–Crippen LogP) is 2.64. The van der Waals surface area contributed by atoms with Gasteiger partial charge in [0, 0.05) is 18.7 Å². The maximum atomic E-state index is 14.4. The molecule has 190 valence electrons. The number of rotatable bonds is 3. The minimum absolute atomic E-state index is 0.0359. The topological polar surface area (TPSA) is 109 Å². The fraction of sp³-hybridized carbons (Fsp3) is 0.643. The fourth-order valence-electron chi connectivity index (χ4n) is 7.97. The quantitative estimate of drug-likeness (QED) is 0.451. The molecule has 1 spiro atoms. The highest BCUT2D eigenvalue weighted by Crippen LogP contribution is 2.71. The van der Waals surface area contributed by atoms with Gasteiger partial charge in [-0.25, -0.2) is 4.79 Å². The van der Waals surface area contributed by atoms with Gasteiger partial charge in [-0.3, -0.25) is 4.79 Å². The van der Waals surface area contributed by atoms with E-state index in [9.17, 15) is 24.9 Å². The van der Waals surface area contributed by atoms with E-state index in [0.29, 0.717) is 17.2 Å². The van der Waals surface area contributed by atoms with Gasteiger partial charge in [0.2, 0.25) is 0 Å². The van der Waals surface area contributed by atoms with Gasteiger partial charge in [-0.1, -0.05) is 32.9 Å². The van der Waals surface area contributed by atoms with Gasteiger partial charge in [-0.2, -0.15) is 0 Å². The summed E-state index contributed by atoms with van der Waals surface area (Å²) in [5, 5.41) is 34.3. The fourth-order valence-corrected chi connectivity index (χ4v) is 7.97. The summed E-state index contributed by atoms with van der Waals surface area (Å²) in [4.78, 5) is 27.8. The van der Waals surface area contributed by atoms with E-state index in [1.54, 1.807) is 30.7 Å². The van der Waals surface area contributed by atoms with Crippen LogP contribution in [0.15, 0.2) is 29.4 Å². The highest BCUT2D eigenvalue weighted by Gasteiger charge is 2.76. The van der Waals surface area contributed by atoms with E-state index >= 15 is 0 Å². The Bertz CT molecular complexity index is 1190. The molecule has 2 saturated carbocycles. The number of hydrogen-bond donors (Lipinski definition) is 3. The lowest BCUT2D eigenvalue weighted by atomic mass is 9.59. The number of ketones is 1. The SMILES string of the molecule is CC1=CC23C(=O)[C@@H](C=C(CO)[C@@H](O)[C@]2(O)[C@H]1OC(=O)c1c(C)cc(C)n1C)[C@H]1[C@@H](CC3C)C1(C)C. The number of carbonyl (C=O) groups excluding carboxylic acids is 2. The number of aliphatic hydroxyl groups excluding tert-OH is 2. The van der Waals surface area contributed by atoms with Crippen LogP contribution >= 0.6 is 0 Å². The normalized spacial score (nSPS) is 41.3. The first kappa shape index (κ1) is 24.5. The molecule has 7 nitrogen and oxygen atoms in total. The molecule has 4 aliphatic carbocycles. The van der Waals surface area contributed by atoms with Gasteiger partial charge in [-0.05, 0) is 73.1 Å². The summed E-state index contributed by atoms with van der Waals surface area (Å²) in [6.07, 6.45) is 1.36. The third kappa shape index (κ3) is 2.83. The summed E-state index contributed by atoms with van der Waals surface area (Å²) in [5.41, 5.74) is -0.845. The van der Waals surface area contributed by atoms with Crippen LogP contribution in [0, 0.1) is 48.3 Å². The van der Waals surface area contributed by atoms with Gasteiger partial charge in [0.1, 0.15) is 11.8 Å². The molecule has 0 radical (unpaired) electrons. The Kier molecular flexibility index (Phi) is 5.18. The molecule has 2 fully saturated rings. The first-order valence-electron chi connectivity index (χ1n) is 12.5. The average molecular weight is 484 g/mol. The Morgan fingerprint density at radius 2 is 1.91 bits per heavy atom. The van der Waals surface area contributed by atoms with Crippen molar-refractivity contribution in [1.29, 1.82) is 0 Å². The molecular formula is C28H37NO6. The third-order valence-corrected chi connectivity index (χ3v) is 9.98. The average Bonchev–Trinajstić information content (AvgIpc) is 3.14. The molecule has 4 aliphatic rings. The van der Waals surface area contributed by atoms with Crippen molar-refractivity contribution >= 4 is 11.8 Å². The van der Waals surface area contributed by atoms with Crippen LogP contribution in [0.4, 0.5) is 0 Å². The zero-order valence-corrected chi connectivity index (χ0v) is 21.6. The van der Waals surface area contributed by atoms with Crippen molar-refractivity contribution in [1.82, 2.24) is 4.57 Å². The van der Waals surface area contributed by atoms with Crippen LogP contribution in [0.3, 0.4) is 0 Å². The Hall–Kier alpha value is -2.22. The first-order chi connectivity index (χ1) is 16.2. The van der Waals surface area contributed by atoms with Gasteiger partial charge < -0.3 is 24.6 Å². The second-order valence-electron chi connectivity index (χ2n) is 12.0. The summed E-state index contributed by atoms with van der Waals surface area (Å²) in [5.74, 6) is -1.22. The van der Waals surface area contributed by atoms with Crippen LogP contribution < -0.4 is 0 Å². The van der Waals surface area contributed by atoms with E-state index in [2.05, 4.69) is 13.8 Å². The molecule has 35 heavy (non-hydrogen) atoms. The van der Waals surface area contributed by atoms with E-state index in [-0.39, 0.29) is 28.6 Å². The second kappa shape index (κ2) is 7.40. The van der Waals surface area contributed by atoms with Crippen molar-refractivity contribution in [2.75, 3.05) is 6.61 Å². The number of allylic oxidation sites excluding steroid dienone is 1. The number of Topliss-reactive ketones (excluding diaryl/α,β-unsaturated/α-hetero) is 1.